The molecule has 1 aliphatic heterocycles. The summed E-state index contributed by atoms with van der Waals surface area (Å²) in [4.78, 5) is 15.8. The second-order valence-electron chi connectivity index (χ2n) is 9.15. The van der Waals surface area contributed by atoms with Gasteiger partial charge in [0, 0.05) is 37.6 Å². The van der Waals surface area contributed by atoms with Gasteiger partial charge in [-0.1, -0.05) is 0 Å². The van der Waals surface area contributed by atoms with E-state index in [1.54, 1.807) is 22.3 Å². The van der Waals surface area contributed by atoms with Gasteiger partial charge < -0.3 is 19.7 Å². The Morgan fingerprint density at radius 2 is 2.03 bits per heavy atom. The smallest absolute Gasteiger partial charge is 0.145 e. The van der Waals surface area contributed by atoms with Crippen LogP contribution >= 0.6 is 11.3 Å². The lowest BCUT2D eigenvalue weighted by molar-refractivity contribution is -0.0686. The van der Waals surface area contributed by atoms with E-state index in [1.807, 2.05) is 49.2 Å². The summed E-state index contributed by atoms with van der Waals surface area (Å²) in [5.74, 6) is 1.39. The number of hydrogen-bond acceptors (Lipinski definition) is 9. The van der Waals surface area contributed by atoms with Crippen LogP contribution in [0, 0.1) is 0 Å². The summed E-state index contributed by atoms with van der Waals surface area (Å²) >= 11 is 1.61. The summed E-state index contributed by atoms with van der Waals surface area (Å²) in [6.07, 6.45) is 5.21. The summed E-state index contributed by atoms with van der Waals surface area (Å²) in [5.41, 5.74) is 6.53. The van der Waals surface area contributed by atoms with Crippen LogP contribution in [0.3, 0.4) is 0 Å². The lowest BCUT2D eigenvalue weighted by atomic mass is 10.1. The van der Waals surface area contributed by atoms with Crippen LogP contribution in [0.2, 0.25) is 0 Å². The van der Waals surface area contributed by atoms with Crippen LogP contribution in [0.4, 0.5) is 11.5 Å². The first kappa shape index (κ1) is 22.8. The number of ether oxygens (including phenoxy) is 2. The van der Waals surface area contributed by atoms with Crippen LogP contribution in [-0.2, 0) is 11.8 Å². The molecular formula is C26H27N7O2S. The van der Waals surface area contributed by atoms with Crippen molar-refractivity contribution >= 4 is 44.0 Å². The number of nitrogens with zero attached hydrogens (tertiary/aromatic N) is 6. The van der Waals surface area contributed by atoms with Crippen molar-refractivity contribution in [2.24, 2.45) is 7.05 Å². The number of aryl methyl sites for hydroxylation is 1. The van der Waals surface area contributed by atoms with Gasteiger partial charge in [0.15, 0.2) is 0 Å². The zero-order valence-corrected chi connectivity index (χ0v) is 21.2. The summed E-state index contributed by atoms with van der Waals surface area (Å²) in [5, 5.41) is 8.65. The first-order chi connectivity index (χ1) is 17.5. The molecule has 0 bridgehead atoms. The van der Waals surface area contributed by atoms with E-state index in [-0.39, 0.29) is 12.2 Å². The predicted octanol–water partition coefficient (Wildman–Crippen LogP) is 4.48. The average Bonchev–Trinajstić information content (AvgIpc) is 3.52. The Morgan fingerprint density at radius 1 is 1.11 bits per heavy atom. The average molecular weight is 502 g/mol. The number of hydrogen-bond donors (Lipinski definition) is 1. The standard InChI is InChI=1S/C26H27N7O2S/c1-16(23-13-32(2)6-7-34-23)35-22-9-17(18-11-30-33(3)12-18)8-21-25(22)26(28-14-27-21)31-19-4-5-20-24(10-19)36-15-29-20/h4-5,8-12,14-16,23H,6-7,13H2,1-3H3,(H,27,28,31)/t16-,23+/m1/s1. The van der Waals surface area contributed by atoms with E-state index in [0.717, 1.165) is 51.0 Å². The van der Waals surface area contributed by atoms with Crippen LogP contribution in [-0.4, -0.2) is 68.6 Å². The first-order valence-corrected chi connectivity index (χ1v) is 12.8. The zero-order chi connectivity index (χ0) is 24.6. The third-order valence-corrected chi connectivity index (χ3v) is 7.26. The van der Waals surface area contributed by atoms with Gasteiger partial charge >= 0.3 is 0 Å². The summed E-state index contributed by atoms with van der Waals surface area (Å²) in [6.45, 7) is 4.49. The van der Waals surface area contributed by atoms with Crippen LogP contribution in [0.5, 0.6) is 5.75 Å². The van der Waals surface area contributed by atoms with Crippen molar-refractivity contribution in [1.29, 1.82) is 0 Å². The maximum absolute atomic E-state index is 6.61. The number of morpholine rings is 1. The molecule has 1 saturated heterocycles. The van der Waals surface area contributed by atoms with Gasteiger partial charge in [-0.15, -0.1) is 11.3 Å². The fourth-order valence-electron chi connectivity index (χ4n) is 4.52. The van der Waals surface area contributed by atoms with E-state index < -0.39 is 0 Å². The first-order valence-electron chi connectivity index (χ1n) is 11.9. The number of aromatic nitrogens is 5. The number of rotatable bonds is 6. The molecule has 10 heteroatoms. The van der Waals surface area contributed by atoms with Crippen LogP contribution in [0.25, 0.3) is 32.2 Å². The Morgan fingerprint density at radius 3 is 2.86 bits per heavy atom. The van der Waals surface area contributed by atoms with Crippen LogP contribution in [0.1, 0.15) is 6.92 Å². The molecular weight excluding hydrogens is 474 g/mol. The maximum atomic E-state index is 6.61. The quantitative estimate of drug-likeness (QED) is 0.364. The maximum Gasteiger partial charge on any atom is 0.145 e. The van der Waals surface area contributed by atoms with Crippen molar-refractivity contribution in [1.82, 2.24) is 29.6 Å². The zero-order valence-electron chi connectivity index (χ0n) is 20.4. The normalized spacial score (nSPS) is 17.5. The molecule has 0 radical (unpaired) electrons. The van der Waals surface area contributed by atoms with Gasteiger partial charge in [-0.05, 0) is 49.9 Å². The lowest BCUT2D eigenvalue weighted by Gasteiger charge is -2.34. The molecule has 184 valence electrons. The van der Waals surface area contributed by atoms with Gasteiger partial charge in [0.1, 0.15) is 30.1 Å². The highest BCUT2D eigenvalue weighted by Crippen LogP contribution is 2.37. The molecule has 0 amide bonds. The lowest BCUT2D eigenvalue weighted by Crippen LogP contribution is -2.46. The third-order valence-electron chi connectivity index (χ3n) is 6.47. The van der Waals surface area contributed by atoms with Crippen LogP contribution < -0.4 is 10.1 Å². The second kappa shape index (κ2) is 9.45. The number of anilines is 2. The summed E-state index contributed by atoms with van der Waals surface area (Å²) in [7, 11) is 4.02. The van der Waals surface area contributed by atoms with E-state index in [2.05, 4.69) is 50.3 Å². The molecule has 36 heavy (non-hydrogen) atoms. The highest BCUT2D eigenvalue weighted by atomic mass is 32.1. The largest absolute Gasteiger partial charge is 0.487 e. The monoisotopic (exact) mass is 501 g/mol. The molecule has 1 fully saturated rings. The topological polar surface area (TPSA) is 90.2 Å². The van der Waals surface area contributed by atoms with Gasteiger partial charge in [0.25, 0.3) is 0 Å². The molecule has 5 aromatic rings. The van der Waals surface area contributed by atoms with Crippen molar-refractivity contribution in [3.8, 4) is 16.9 Å². The minimum Gasteiger partial charge on any atom is -0.487 e. The molecule has 1 N–H and O–H groups in total. The molecule has 0 unspecified atom stereocenters. The molecule has 9 nitrogen and oxygen atoms in total. The van der Waals surface area contributed by atoms with Crippen molar-refractivity contribution in [2.75, 3.05) is 32.1 Å². The summed E-state index contributed by atoms with van der Waals surface area (Å²) in [6, 6.07) is 10.2. The van der Waals surface area contributed by atoms with Crippen LogP contribution in [0.15, 0.2) is 54.6 Å². The van der Waals surface area contributed by atoms with Crippen molar-refractivity contribution in [2.45, 2.75) is 19.1 Å². The van der Waals surface area contributed by atoms with E-state index in [1.165, 1.54) is 0 Å². The number of nitrogens with one attached hydrogen (secondary N) is 1. The minimum atomic E-state index is -0.165. The van der Waals surface area contributed by atoms with Crippen molar-refractivity contribution in [3.05, 3.63) is 54.6 Å². The molecule has 0 saturated carbocycles. The highest BCUT2D eigenvalue weighted by Gasteiger charge is 2.26. The fourth-order valence-corrected chi connectivity index (χ4v) is 5.24. The van der Waals surface area contributed by atoms with Gasteiger partial charge in [0.05, 0.1) is 39.4 Å². The number of fused-ring (bicyclic) bond motifs is 2. The Labute approximate surface area is 212 Å². The second-order valence-corrected chi connectivity index (χ2v) is 10.0. The third kappa shape index (κ3) is 4.50. The van der Waals surface area contributed by atoms with E-state index in [4.69, 9.17) is 9.47 Å². The molecule has 1 aliphatic rings. The molecule has 6 rings (SSSR count). The SMILES string of the molecule is C[C@@H](Oc1cc(-c2cnn(C)c2)cc2ncnc(Nc3ccc4ncsc4c3)c12)[C@@H]1CN(C)CCO1. The molecule has 0 spiro atoms. The molecule has 3 aromatic heterocycles. The highest BCUT2D eigenvalue weighted by molar-refractivity contribution is 7.16. The van der Waals surface area contributed by atoms with E-state index in [0.29, 0.717) is 18.2 Å². The Balaban J connectivity index is 1.43. The Bertz CT molecular complexity index is 1530. The fraction of sp³-hybridized carbons (Fsp3) is 0.308. The van der Waals surface area contributed by atoms with Crippen molar-refractivity contribution < 1.29 is 9.47 Å². The van der Waals surface area contributed by atoms with Gasteiger partial charge in [-0.25, -0.2) is 15.0 Å². The Kier molecular flexibility index (Phi) is 6.00. The van der Waals surface area contributed by atoms with Gasteiger partial charge in [0.2, 0.25) is 0 Å². The number of benzene rings is 2. The van der Waals surface area contributed by atoms with Crippen molar-refractivity contribution in [3.63, 3.8) is 0 Å². The van der Waals surface area contributed by atoms with Gasteiger partial charge in [-0.2, -0.15) is 5.10 Å². The number of thiazole rings is 1. The van der Waals surface area contributed by atoms with E-state index >= 15 is 0 Å². The predicted molar refractivity (Wildman–Crippen MR) is 142 cm³/mol. The summed E-state index contributed by atoms with van der Waals surface area (Å²) < 4.78 is 15.6. The molecule has 2 atom stereocenters. The molecule has 4 heterocycles. The number of likely N-dealkylation sites (N-methyl/N-ethyl adjacent to an activating group) is 1. The molecule has 2 aromatic carbocycles. The van der Waals surface area contributed by atoms with E-state index in [9.17, 15) is 0 Å². The van der Waals surface area contributed by atoms with Gasteiger partial charge in [-0.3, -0.25) is 4.68 Å². The minimum absolute atomic E-state index is 0.0318. The molecule has 0 aliphatic carbocycles. The Hall–Kier alpha value is -3.60.